The number of piperidine rings is 2. The highest BCUT2D eigenvalue weighted by Crippen LogP contribution is 2.43. The third-order valence-corrected chi connectivity index (χ3v) is 14.5. The highest BCUT2D eigenvalue weighted by Gasteiger charge is 2.35. The first-order valence-electron chi connectivity index (χ1n) is 24.2. The Labute approximate surface area is 401 Å². The maximum Gasteiger partial charge on any atom is 0.573 e. The fourth-order valence-electron chi connectivity index (χ4n) is 11.0. The molecule has 4 aliphatic heterocycles. The summed E-state index contributed by atoms with van der Waals surface area (Å²) in [6, 6.07) is 18.2. The predicted molar refractivity (Wildman–Crippen MR) is 256 cm³/mol. The Bertz CT molecular complexity index is 2690. The summed E-state index contributed by atoms with van der Waals surface area (Å²) in [6.45, 7) is 8.96. The van der Waals surface area contributed by atoms with Gasteiger partial charge in [-0.3, -0.25) is 14.8 Å². The lowest BCUT2D eigenvalue weighted by Gasteiger charge is -2.37. The van der Waals surface area contributed by atoms with Crippen LogP contribution in [-0.2, 0) is 0 Å². The van der Waals surface area contributed by atoms with Crippen molar-refractivity contribution >= 4 is 39.0 Å². The smallest absolute Gasteiger partial charge is 0.504 e. The van der Waals surface area contributed by atoms with Crippen molar-refractivity contribution in [3.63, 3.8) is 0 Å². The van der Waals surface area contributed by atoms with Crippen LogP contribution < -0.4 is 19.3 Å². The predicted octanol–water partition coefficient (Wildman–Crippen LogP) is 11.2. The van der Waals surface area contributed by atoms with Gasteiger partial charge in [-0.25, -0.2) is 0 Å². The summed E-state index contributed by atoms with van der Waals surface area (Å²) in [4.78, 5) is 34.9. The molecule has 4 saturated heterocycles. The van der Waals surface area contributed by atoms with Crippen molar-refractivity contribution in [3.05, 3.63) is 96.3 Å². The second-order valence-corrected chi connectivity index (χ2v) is 19.2. The molecule has 70 heavy (non-hydrogen) atoms. The maximum absolute atomic E-state index is 15.7. The van der Waals surface area contributed by atoms with E-state index in [0.717, 1.165) is 89.2 Å². The molecule has 4 fully saturated rings. The summed E-state index contributed by atoms with van der Waals surface area (Å²) in [5.41, 5.74) is 4.82. The van der Waals surface area contributed by atoms with Gasteiger partial charge in [-0.2, -0.15) is 0 Å². The molecule has 0 saturated carbocycles. The van der Waals surface area contributed by atoms with E-state index < -0.39 is 35.7 Å². The summed E-state index contributed by atoms with van der Waals surface area (Å²) in [7, 11) is 0. The molecule has 0 amide bonds. The number of fused-ring (bicyclic) bond motifs is 2. The summed E-state index contributed by atoms with van der Waals surface area (Å²) in [6.07, 6.45) is 1.43. The van der Waals surface area contributed by atoms with Crippen LogP contribution in [-0.4, -0.2) is 114 Å². The topological polar surface area (TPSA) is 115 Å². The lowest BCUT2D eigenvalue weighted by atomic mass is 9.91. The van der Waals surface area contributed by atoms with E-state index in [1.54, 1.807) is 36.7 Å². The van der Waals surface area contributed by atoms with Gasteiger partial charge in [0.2, 0.25) is 0 Å². The van der Waals surface area contributed by atoms with Crippen molar-refractivity contribution in [1.82, 2.24) is 19.8 Å². The van der Waals surface area contributed by atoms with E-state index in [1.165, 1.54) is 37.8 Å². The van der Waals surface area contributed by atoms with E-state index in [2.05, 4.69) is 29.1 Å². The molecule has 0 bridgehead atoms. The molecule has 368 valence electrons. The minimum absolute atomic E-state index is 0.324. The Hall–Kier alpha value is -6.33. The van der Waals surface area contributed by atoms with Gasteiger partial charge in [0, 0.05) is 62.4 Å². The van der Waals surface area contributed by atoms with Crippen LogP contribution in [0.5, 0.6) is 23.0 Å². The molecule has 0 radical (unpaired) electrons. The summed E-state index contributed by atoms with van der Waals surface area (Å²) in [5.74, 6) is -2.23. The molecule has 0 spiro atoms. The normalized spacial score (nSPS) is 18.1. The lowest BCUT2D eigenvalue weighted by molar-refractivity contribution is -0.276. The van der Waals surface area contributed by atoms with Gasteiger partial charge in [0.1, 0.15) is 0 Å². The molecular weight excluding hydrogens is 915 g/mol. The van der Waals surface area contributed by atoms with E-state index in [0.29, 0.717) is 105 Å². The third kappa shape index (κ3) is 10.4. The van der Waals surface area contributed by atoms with Gasteiger partial charge in [-0.15, -0.1) is 26.3 Å². The number of phenolic OH excluding ortho intramolecular Hbond substituents is 2. The Kier molecular flexibility index (Phi) is 13.2. The highest BCUT2D eigenvalue weighted by atomic mass is 19.4. The van der Waals surface area contributed by atoms with Gasteiger partial charge in [-0.05, 0) is 160 Å². The minimum Gasteiger partial charge on any atom is -0.504 e. The van der Waals surface area contributed by atoms with E-state index >= 15 is 4.79 Å². The van der Waals surface area contributed by atoms with Crippen LogP contribution in [0.2, 0.25) is 0 Å². The summed E-state index contributed by atoms with van der Waals surface area (Å²) < 4.78 is 88.6. The fourth-order valence-corrected chi connectivity index (χ4v) is 11.0. The van der Waals surface area contributed by atoms with Crippen LogP contribution in [0, 0.1) is 11.8 Å². The van der Waals surface area contributed by atoms with Crippen LogP contribution in [0.3, 0.4) is 0 Å². The Morgan fingerprint density at radius 2 is 0.886 bits per heavy atom. The lowest BCUT2D eigenvalue weighted by Crippen LogP contribution is -2.39. The van der Waals surface area contributed by atoms with Crippen molar-refractivity contribution < 1.29 is 50.8 Å². The molecule has 2 aromatic heterocycles. The van der Waals surface area contributed by atoms with Crippen LogP contribution in [0.1, 0.15) is 67.3 Å². The van der Waals surface area contributed by atoms with Gasteiger partial charge < -0.3 is 39.3 Å². The molecule has 2 N–H and O–H groups in total. The number of ketones is 1. The second-order valence-electron chi connectivity index (χ2n) is 19.2. The van der Waals surface area contributed by atoms with E-state index in [1.807, 2.05) is 12.1 Å². The number of hydrogen-bond donors (Lipinski definition) is 2. The van der Waals surface area contributed by atoms with E-state index in [4.69, 9.17) is 9.97 Å². The number of pyridine rings is 2. The van der Waals surface area contributed by atoms with Crippen molar-refractivity contribution in [1.29, 1.82) is 0 Å². The number of phenols is 2. The molecule has 0 unspecified atom stereocenters. The first-order valence-corrected chi connectivity index (χ1v) is 24.2. The second kappa shape index (κ2) is 19.5. The molecule has 11 nitrogen and oxygen atoms in total. The van der Waals surface area contributed by atoms with Gasteiger partial charge in [0.05, 0.1) is 33.5 Å². The van der Waals surface area contributed by atoms with Gasteiger partial charge >= 0.3 is 12.7 Å². The van der Waals surface area contributed by atoms with Crippen molar-refractivity contribution in [3.8, 4) is 45.3 Å². The average Bonchev–Trinajstić information content (AvgIpc) is 4.06. The van der Waals surface area contributed by atoms with Crippen LogP contribution in [0.25, 0.3) is 44.1 Å². The largest absolute Gasteiger partial charge is 0.573 e. The van der Waals surface area contributed by atoms with Gasteiger partial charge in [0.25, 0.3) is 0 Å². The van der Waals surface area contributed by atoms with E-state index in [-0.39, 0.29) is 5.78 Å². The van der Waals surface area contributed by atoms with Crippen molar-refractivity contribution in [2.75, 3.05) is 75.2 Å². The number of rotatable bonds is 12. The molecule has 17 heteroatoms. The average molecular weight is 969 g/mol. The van der Waals surface area contributed by atoms with Gasteiger partial charge in [0.15, 0.2) is 28.8 Å². The highest BCUT2D eigenvalue weighted by molar-refractivity contribution is 6.21. The number of aromatic hydroxyl groups is 2. The first-order chi connectivity index (χ1) is 33.6. The molecule has 4 aliphatic rings. The van der Waals surface area contributed by atoms with Crippen molar-refractivity contribution in [2.45, 2.75) is 64.1 Å². The zero-order valence-electron chi connectivity index (χ0n) is 38.5. The third-order valence-electron chi connectivity index (χ3n) is 14.5. The Morgan fingerprint density at radius 3 is 1.26 bits per heavy atom. The number of carbonyl (C=O) groups excluding carboxylic acids is 1. The Morgan fingerprint density at radius 1 is 0.529 bits per heavy atom. The fraction of sp³-hybridized carbons (Fsp3) is 0.415. The number of aromatic nitrogens is 2. The molecule has 0 atom stereocenters. The quantitative estimate of drug-likeness (QED) is 0.0902. The standard InChI is InChI=1S/C53H54F6N6O5/c54-52(55,56)69-47-27-37(7-11-45(47)66)35-5-9-43-39(25-35)49(64-21-13-33(14-22-64)31-62-17-1-2-18-62)41(29-60-43)51(68)42-30-61-44-10-6-36(38-8-12-46(67)48(28-38)70-53(57,58)59)26-40(44)50(42)65-23-15-34(16-24-65)32-63-19-3-4-20-63/h5-12,25-30,33-34,66-67H,1-4,13-24,31-32H2. The Balaban J connectivity index is 1.09. The molecule has 6 aromatic rings. The zero-order chi connectivity index (χ0) is 48.7. The number of carbonyl (C=O) groups is 1. The number of benzene rings is 4. The molecule has 10 rings (SSSR count). The first kappa shape index (κ1) is 47.4. The van der Waals surface area contributed by atoms with E-state index in [9.17, 15) is 36.6 Å². The number of alkyl halides is 6. The summed E-state index contributed by atoms with van der Waals surface area (Å²) in [5, 5.41) is 21.8. The number of likely N-dealkylation sites (tertiary alicyclic amines) is 2. The van der Waals surface area contributed by atoms with Crippen LogP contribution in [0.15, 0.2) is 85.2 Å². The molecule has 6 heterocycles. The van der Waals surface area contributed by atoms with Crippen LogP contribution in [0.4, 0.5) is 37.7 Å². The molecule has 0 aliphatic carbocycles. The number of hydrogen-bond acceptors (Lipinski definition) is 11. The summed E-state index contributed by atoms with van der Waals surface area (Å²) >= 11 is 0. The minimum atomic E-state index is -5.03. The SMILES string of the molecule is O=C(c1cnc2ccc(-c3ccc(O)c(OC(F)(F)F)c3)cc2c1N1CCC(CN2CCCC2)CC1)c1cnc2ccc(-c3ccc(O)c(OC(F)(F)F)c3)cc2c1N1CCC(CN2CCCC2)CC1. The number of halogens is 6. The zero-order valence-corrected chi connectivity index (χ0v) is 38.5. The van der Waals surface area contributed by atoms with Crippen LogP contribution >= 0.6 is 0 Å². The number of anilines is 2. The van der Waals surface area contributed by atoms with Gasteiger partial charge in [-0.1, -0.05) is 24.3 Å². The number of nitrogens with zero attached hydrogens (tertiary/aromatic N) is 6. The van der Waals surface area contributed by atoms with Crippen molar-refractivity contribution in [2.24, 2.45) is 11.8 Å². The maximum atomic E-state index is 15.7. The monoisotopic (exact) mass is 968 g/mol. The number of ether oxygens (including phenoxy) is 2. The molecule has 4 aromatic carbocycles. The molecular formula is C53H54F6N6O5.